The Hall–Kier alpha value is -1.67. The van der Waals surface area contributed by atoms with Gasteiger partial charge in [-0.2, -0.15) is 0 Å². The minimum atomic E-state index is -0.213. The quantitative estimate of drug-likeness (QED) is 0.370. The topological polar surface area (TPSA) is 39.7 Å². The molecular weight excluding hydrogens is 442 g/mol. The number of guanidine groups is 1. The van der Waals surface area contributed by atoms with E-state index in [-0.39, 0.29) is 35.8 Å². The molecule has 4 nitrogen and oxygen atoms in total. The van der Waals surface area contributed by atoms with E-state index < -0.39 is 0 Å². The lowest BCUT2D eigenvalue weighted by Gasteiger charge is -2.26. The zero-order valence-corrected chi connectivity index (χ0v) is 17.9. The number of nitrogens with zero attached hydrogens (tertiary/aromatic N) is 2. The van der Waals surface area contributed by atoms with E-state index in [4.69, 9.17) is 0 Å². The highest BCUT2D eigenvalue weighted by Crippen LogP contribution is 2.18. The Morgan fingerprint density at radius 1 is 1.08 bits per heavy atom. The van der Waals surface area contributed by atoms with Gasteiger partial charge in [0.25, 0.3) is 0 Å². The number of benzene rings is 2. The summed E-state index contributed by atoms with van der Waals surface area (Å²) in [6, 6.07) is 17.1. The highest BCUT2D eigenvalue weighted by atomic mass is 127. The van der Waals surface area contributed by atoms with Gasteiger partial charge < -0.3 is 15.5 Å². The van der Waals surface area contributed by atoms with Crippen molar-refractivity contribution in [2.24, 2.45) is 4.99 Å². The summed E-state index contributed by atoms with van der Waals surface area (Å²) in [5.74, 6) is 0.536. The highest BCUT2D eigenvalue weighted by Gasteiger charge is 2.15. The maximum absolute atomic E-state index is 13.5. The molecule has 0 saturated heterocycles. The monoisotopic (exact) mass is 470 g/mol. The second-order valence-electron chi connectivity index (χ2n) is 6.15. The van der Waals surface area contributed by atoms with Crippen molar-refractivity contribution in [3.05, 3.63) is 71.5 Å². The molecule has 26 heavy (non-hydrogen) atoms. The van der Waals surface area contributed by atoms with Crippen molar-refractivity contribution in [2.75, 3.05) is 34.2 Å². The number of rotatable bonds is 7. The molecule has 6 heteroatoms. The van der Waals surface area contributed by atoms with Gasteiger partial charge in [0, 0.05) is 20.1 Å². The van der Waals surface area contributed by atoms with Gasteiger partial charge in [0.1, 0.15) is 5.82 Å². The van der Waals surface area contributed by atoms with E-state index in [2.05, 4.69) is 32.7 Å². The smallest absolute Gasteiger partial charge is 0.191 e. The van der Waals surface area contributed by atoms with Crippen LogP contribution in [0.15, 0.2) is 59.6 Å². The van der Waals surface area contributed by atoms with Crippen molar-refractivity contribution in [2.45, 2.75) is 12.5 Å². The molecule has 0 heterocycles. The van der Waals surface area contributed by atoms with Gasteiger partial charge in [-0.1, -0.05) is 42.5 Å². The second-order valence-corrected chi connectivity index (χ2v) is 6.15. The summed E-state index contributed by atoms with van der Waals surface area (Å²) >= 11 is 0. The molecule has 0 radical (unpaired) electrons. The van der Waals surface area contributed by atoms with Crippen LogP contribution in [0.3, 0.4) is 0 Å². The Morgan fingerprint density at radius 2 is 1.81 bits per heavy atom. The number of likely N-dealkylation sites (N-methyl/N-ethyl adjacent to an activating group) is 1. The van der Waals surface area contributed by atoms with E-state index in [1.54, 1.807) is 19.2 Å². The van der Waals surface area contributed by atoms with Crippen molar-refractivity contribution >= 4 is 29.9 Å². The Morgan fingerprint density at radius 3 is 2.42 bits per heavy atom. The number of halogens is 2. The van der Waals surface area contributed by atoms with Crippen molar-refractivity contribution < 1.29 is 4.39 Å². The van der Waals surface area contributed by atoms with E-state index in [0.29, 0.717) is 6.54 Å². The van der Waals surface area contributed by atoms with Crippen LogP contribution in [0.2, 0.25) is 0 Å². The van der Waals surface area contributed by atoms with Crippen molar-refractivity contribution in [1.29, 1.82) is 0 Å². The molecule has 0 aliphatic heterocycles. The molecule has 0 aliphatic rings. The summed E-state index contributed by atoms with van der Waals surface area (Å²) in [6.07, 6.45) is 0.933. The van der Waals surface area contributed by atoms with Crippen LogP contribution in [0.5, 0.6) is 0 Å². The summed E-state index contributed by atoms with van der Waals surface area (Å²) in [7, 11) is 5.73. The maximum Gasteiger partial charge on any atom is 0.191 e. The molecule has 142 valence electrons. The Labute approximate surface area is 172 Å². The molecule has 0 saturated carbocycles. The lowest BCUT2D eigenvalue weighted by atomic mass is 10.1. The summed E-state index contributed by atoms with van der Waals surface area (Å²) in [5, 5.41) is 6.65. The van der Waals surface area contributed by atoms with Gasteiger partial charge in [0.15, 0.2) is 5.96 Å². The Kier molecular flexibility index (Phi) is 10.2. The van der Waals surface area contributed by atoms with E-state index in [0.717, 1.165) is 24.5 Å². The summed E-state index contributed by atoms with van der Waals surface area (Å²) in [5.41, 5.74) is 2.23. The number of hydrogen-bond donors (Lipinski definition) is 2. The number of aliphatic imine (C=N–C) groups is 1. The van der Waals surface area contributed by atoms with E-state index in [1.807, 2.05) is 38.4 Å². The predicted octanol–water partition coefficient (Wildman–Crippen LogP) is 3.45. The van der Waals surface area contributed by atoms with E-state index in [9.17, 15) is 4.39 Å². The first-order valence-corrected chi connectivity index (χ1v) is 8.50. The van der Waals surface area contributed by atoms with Crippen LogP contribution in [-0.2, 0) is 6.42 Å². The fourth-order valence-electron chi connectivity index (χ4n) is 2.70. The van der Waals surface area contributed by atoms with Gasteiger partial charge in [-0.15, -0.1) is 24.0 Å². The highest BCUT2D eigenvalue weighted by molar-refractivity contribution is 14.0. The van der Waals surface area contributed by atoms with E-state index in [1.165, 1.54) is 11.6 Å². The first-order valence-electron chi connectivity index (χ1n) is 8.50. The molecule has 0 bridgehead atoms. The van der Waals surface area contributed by atoms with Crippen LogP contribution in [-0.4, -0.2) is 45.1 Å². The van der Waals surface area contributed by atoms with E-state index >= 15 is 0 Å². The van der Waals surface area contributed by atoms with Crippen LogP contribution in [0, 0.1) is 5.82 Å². The molecule has 1 atom stereocenters. The van der Waals surface area contributed by atoms with Gasteiger partial charge in [0.05, 0.1) is 6.04 Å². The minimum absolute atomic E-state index is 0. The van der Waals surface area contributed by atoms with Gasteiger partial charge in [-0.3, -0.25) is 4.99 Å². The maximum atomic E-state index is 13.5. The fourth-order valence-corrected chi connectivity index (χ4v) is 2.70. The average Bonchev–Trinajstić information content (AvgIpc) is 2.61. The largest absolute Gasteiger partial charge is 0.356 e. The summed E-state index contributed by atoms with van der Waals surface area (Å²) in [6.45, 7) is 1.44. The normalized spacial score (nSPS) is 12.4. The number of hydrogen-bond acceptors (Lipinski definition) is 2. The zero-order valence-electron chi connectivity index (χ0n) is 15.6. The van der Waals surface area contributed by atoms with Gasteiger partial charge >= 0.3 is 0 Å². The molecule has 0 amide bonds. The second kappa shape index (κ2) is 11.9. The SMILES string of the molecule is CN=C(NCCc1ccccc1)NCC(c1cccc(F)c1)N(C)C.I. The summed E-state index contributed by atoms with van der Waals surface area (Å²) in [4.78, 5) is 6.33. The first kappa shape index (κ1) is 22.4. The Bertz CT molecular complexity index is 677. The van der Waals surface area contributed by atoms with Gasteiger partial charge in [-0.05, 0) is 43.8 Å². The van der Waals surface area contributed by atoms with Crippen LogP contribution < -0.4 is 10.6 Å². The first-order chi connectivity index (χ1) is 12.1. The zero-order chi connectivity index (χ0) is 18.1. The predicted molar refractivity (Wildman–Crippen MR) is 118 cm³/mol. The fraction of sp³-hybridized carbons (Fsp3) is 0.350. The third-order valence-electron chi connectivity index (χ3n) is 4.09. The van der Waals surface area contributed by atoms with Gasteiger partial charge in [-0.25, -0.2) is 4.39 Å². The Balaban J connectivity index is 0.00000338. The molecule has 1 unspecified atom stereocenters. The average molecular weight is 470 g/mol. The van der Waals surface area contributed by atoms with Crippen LogP contribution in [0.25, 0.3) is 0 Å². The standard InChI is InChI=1S/C20H27FN4.HI/c1-22-20(23-13-12-16-8-5-4-6-9-16)24-15-19(25(2)3)17-10-7-11-18(21)14-17;/h4-11,14,19H,12-13,15H2,1-3H3,(H2,22,23,24);1H. The molecule has 2 rings (SSSR count). The molecule has 2 aromatic rings. The molecular formula is C20H28FIN4. The molecule has 0 aliphatic carbocycles. The lowest BCUT2D eigenvalue weighted by molar-refractivity contribution is 0.297. The van der Waals surface area contributed by atoms with Crippen LogP contribution in [0.1, 0.15) is 17.2 Å². The molecule has 0 fully saturated rings. The molecule has 0 aromatic heterocycles. The minimum Gasteiger partial charge on any atom is -0.356 e. The number of nitrogens with one attached hydrogen (secondary N) is 2. The third kappa shape index (κ3) is 7.29. The third-order valence-corrected chi connectivity index (χ3v) is 4.09. The van der Waals surface area contributed by atoms with Crippen LogP contribution in [0.4, 0.5) is 4.39 Å². The van der Waals surface area contributed by atoms with Crippen molar-refractivity contribution in [3.8, 4) is 0 Å². The molecule has 2 N–H and O–H groups in total. The molecule has 0 spiro atoms. The van der Waals surface area contributed by atoms with Crippen molar-refractivity contribution in [3.63, 3.8) is 0 Å². The summed E-state index contributed by atoms with van der Waals surface area (Å²) < 4.78 is 13.5. The van der Waals surface area contributed by atoms with Crippen molar-refractivity contribution in [1.82, 2.24) is 15.5 Å². The molecule has 2 aromatic carbocycles. The lowest BCUT2D eigenvalue weighted by Crippen LogP contribution is -2.42. The van der Waals surface area contributed by atoms with Crippen LogP contribution >= 0.6 is 24.0 Å². The van der Waals surface area contributed by atoms with Gasteiger partial charge in [0.2, 0.25) is 0 Å².